The third kappa shape index (κ3) is 4.23. The number of fused-ring (bicyclic) bond motifs is 1. The van der Waals surface area contributed by atoms with Crippen LogP contribution in [0.4, 0.5) is 0 Å². The lowest BCUT2D eigenvalue weighted by molar-refractivity contribution is 0.0624. The Kier molecular flexibility index (Phi) is 5.50. The molecule has 5 heteroatoms. The maximum atomic E-state index is 12.7. The van der Waals surface area contributed by atoms with Crippen LogP contribution in [0.3, 0.4) is 0 Å². The zero-order chi connectivity index (χ0) is 21.0. The third-order valence-corrected chi connectivity index (χ3v) is 5.96. The number of hydrogen-bond donors (Lipinski definition) is 0. The topological polar surface area (TPSA) is 41.4 Å². The van der Waals surface area contributed by atoms with E-state index in [4.69, 9.17) is 4.98 Å². The molecule has 0 spiro atoms. The second-order valence-corrected chi connectivity index (χ2v) is 8.02. The van der Waals surface area contributed by atoms with E-state index in [1.807, 2.05) is 47.4 Å². The first-order valence-electron chi connectivity index (χ1n) is 10.8. The molecule has 0 atom stereocenters. The van der Waals surface area contributed by atoms with Crippen molar-refractivity contribution in [2.24, 2.45) is 0 Å². The van der Waals surface area contributed by atoms with Crippen molar-refractivity contribution in [2.45, 2.75) is 13.1 Å². The number of rotatable bonds is 5. The molecule has 1 aromatic heterocycles. The number of hydrogen-bond acceptors (Lipinski definition) is 3. The molecule has 1 aliphatic rings. The lowest BCUT2D eigenvalue weighted by Crippen LogP contribution is -2.48. The van der Waals surface area contributed by atoms with Gasteiger partial charge in [-0.2, -0.15) is 0 Å². The molecule has 5 nitrogen and oxygen atoms in total. The largest absolute Gasteiger partial charge is 0.336 e. The van der Waals surface area contributed by atoms with Crippen LogP contribution in [0, 0.1) is 0 Å². The minimum absolute atomic E-state index is 0.122. The van der Waals surface area contributed by atoms with E-state index in [9.17, 15) is 4.79 Å². The van der Waals surface area contributed by atoms with Gasteiger partial charge in [-0.1, -0.05) is 60.7 Å². The molecular weight excluding hydrogens is 384 g/mol. The molecule has 1 amide bonds. The van der Waals surface area contributed by atoms with Gasteiger partial charge in [-0.15, -0.1) is 0 Å². The van der Waals surface area contributed by atoms with Crippen LogP contribution in [0.15, 0.2) is 84.9 Å². The first-order chi connectivity index (χ1) is 15.3. The minimum Gasteiger partial charge on any atom is -0.336 e. The van der Waals surface area contributed by atoms with Crippen LogP contribution in [0.1, 0.15) is 21.7 Å². The summed E-state index contributed by atoms with van der Waals surface area (Å²) >= 11 is 0. The smallest absolute Gasteiger partial charge is 0.253 e. The number of carbonyl (C=O) groups is 1. The highest BCUT2D eigenvalue weighted by molar-refractivity contribution is 5.94. The van der Waals surface area contributed by atoms with Crippen LogP contribution in [-0.4, -0.2) is 51.4 Å². The highest BCUT2D eigenvalue weighted by Crippen LogP contribution is 2.20. The van der Waals surface area contributed by atoms with Gasteiger partial charge in [0.25, 0.3) is 5.91 Å². The summed E-state index contributed by atoms with van der Waals surface area (Å²) in [6.07, 6.45) is 0. The molecular formula is C26H26N4O. The fourth-order valence-electron chi connectivity index (χ4n) is 4.26. The fourth-order valence-corrected chi connectivity index (χ4v) is 4.26. The standard InChI is InChI=1S/C26H26N4O/c31-26(22-11-5-2-6-12-22)29-17-15-28(16-18-29)20-25-27-23-13-7-8-14-24(23)30(25)19-21-9-3-1-4-10-21/h1-14H,15-20H2. The van der Waals surface area contributed by atoms with Gasteiger partial charge in [0.1, 0.15) is 5.82 Å². The number of carbonyl (C=O) groups excluding carboxylic acids is 1. The number of piperazine rings is 1. The van der Waals surface area contributed by atoms with Crippen molar-refractivity contribution in [3.8, 4) is 0 Å². The fraction of sp³-hybridized carbons (Fsp3) is 0.231. The second kappa shape index (κ2) is 8.74. The van der Waals surface area contributed by atoms with Crippen molar-refractivity contribution in [2.75, 3.05) is 26.2 Å². The van der Waals surface area contributed by atoms with Gasteiger partial charge in [-0.05, 0) is 29.8 Å². The summed E-state index contributed by atoms with van der Waals surface area (Å²) in [5.74, 6) is 1.20. The van der Waals surface area contributed by atoms with E-state index in [0.29, 0.717) is 0 Å². The molecule has 0 saturated carbocycles. The van der Waals surface area contributed by atoms with Gasteiger partial charge in [0, 0.05) is 38.3 Å². The molecule has 0 unspecified atom stereocenters. The zero-order valence-electron chi connectivity index (χ0n) is 17.5. The Hall–Kier alpha value is -3.44. The van der Waals surface area contributed by atoms with E-state index in [2.05, 4.69) is 51.9 Å². The van der Waals surface area contributed by atoms with Crippen LogP contribution in [0.2, 0.25) is 0 Å². The Morgan fingerprint density at radius 2 is 1.39 bits per heavy atom. The Morgan fingerprint density at radius 1 is 0.742 bits per heavy atom. The molecule has 1 fully saturated rings. The van der Waals surface area contributed by atoms with E-state index in [1.54, 1.807) is 0 Å². The van der Waals surface area contributed by atoms with Gasteiger partial charge < -0.3 is 9.47 Å². The van der Waals surface area contributed by atoms with Gasteiger partial charge in [-0.3, -0.25) is 9.69 Å². The summed E-state index contributed by atoms with van der Waals surface area (Å²) in [4.78, 5) is 22.0. The maximum absolute atomic E-state index is 12.7. The Labute approximate surface area is 182 Å². The van der Waals surface area contributed by atoms with Crippen molar-refractivity contribution in [1.82, 2.24) is 19.4 Å². The van der Waals surface area contributed by atoms with Gasteiger partial charge in [0.15, 0.2) is 0 Å². The summed E-state index contributed by atoms with van der Waals surface area (Å²) in [6, 6.07) is 28.4. The van der Waals surface area contributed by atoms with Crippen LogP contribution < -0.4 is 0 Å². The number of amides is 1. The van der Waals surface area contributed by atoms with Crippen molar-refractivity contribution < 1.29 is 4.79 Å². The monoisotopic (exact) mass is 410 g/mol. The van der Waals surface area contributed by atoms with E-state index in [-0.39, 0.29) is 5.91 Å². The summed E-state index contributed by atoms with van der Waals surface area (Å²) in [5, 5.41) is 0. The van der Waals surface area contributed by atoms with Crippen LogP contribution in [-0.2, 0) is 13.1 Å². The van der Waals surface area contributed by atoms with Crippen LogP contribution >= 0.6 is 0 Å². The molecule has 1 aliphatic heterocycles. The van der Waals surface area contributed by atoms with Crippen molar-refractivity contribution >= 4 is 16.9 Å². The first-order valence-corrected chi connectivity index (χ1v) is 10.8. The summed E-state index contributed by atoms with van der Waals surface area (Å²) in [6.45, 7) is 4.79. The number of para-hydroxylation sites is 2. The molecule has 0 radical (unpaired) electrons. The third-order valence-electron chi connectivity index (χ3n) is 5.96. The Balaban J connectivity index is 1.31. The average molecular weight is 411 g/mol. The Morgan fingerprint density at radius 3 is 2.13 bits per heavy atom. The summed E-state index contributed by atoms with van der Waals surface area (Å²) in [7, 11) is 0. The minimum atomic E-state index is 0.122. The van der Waals surface area contributed by atoms with E-state index < -0.39 is 0 Å². The molecule has 0 N–H and O–H groups in total. The quantitative estimate of drug-likeness (QED) is 0.499. The predicted octanol–water partition coefficient (Wildman–Crippen LogP) is 4.04. The van der Waals surface area contributed by atoms with E-state index in [1.165, 1.54) is 11.1 Å². The molecule has 2 heterocycles. The van der Waals surface area contributed by atoms with Gasteiger partial charge >= 0.3 is 0 Å². The van der Waals surface area contributed by atoms with Gasteiger partial charge in [0.05, 0.1) is 17.6 Å². The highest BCUT2D eigenvalue weighted by atomic mass is 16.2. The predicted molar refractivity (Wildman–Crippen MR) is 123 cm³/mol. The summed E-state index contributed by atoms with van der Waals surface area (Å²) < 4.78 is 2.33. The molecule has 3 aromatic carbocycles. The van der Waals surface area contributed by atoms with Gasteiger partial charge in [-0.25, -0.2) is 4.98 Å². The zero-order valence-corrected chi connectivity index (χ0v) is 17.5. The first kappa shape index (κ1) is 19.5. The van der Waals surface area contributed by atoms with Gasteiger partial charge in [0.2, 0.25) is 0 Å². The Bertz CT molecular complexity index is 1160. The number of imidazole rings is 1. The summed E-state index contributed by atoms with van der Waals surface area (Å²) in [5.41, 5.74) is 4.23. The van der Waals surface area contributed by atoms with Crippen molar-refractivity contribution in [1.29, 1.82) is 0 Å². The van der Waals surface area contributed by atoms with Crippen molar-refractivity contribution in [3.63, 3.8) is 0 Å². The van der Waals surface area contributed by atoms with Crippen molar-refractivity contribution in [3.05, 3.63) is 102 Å². The SMILES string of the molecule is O=C(c1ccccc1)N1CCN(Cc2nc3ccccc3n2Cc2ccccc2)CC1. The molecule has 156 valence electrons. The maximum Gasteiger partial charge on any atom is 0.253 e. The van der Waals surface area contributed by atoms with Crippen LogP contribution in [0.5, 0.6) is 0 Å². The normalized spacial score (nSPS) is 14.8. The number of benzene rings is 3. The van der Waals surface area contributed by atoms with E-state index in [0.717, 1.165) is 56.2 Å². The highest BCUT2D eigenvalue weighted by Gasteiger charge is 2.23. The average Bonchev–Trinajstić information content (AvgIpc) is 3.17. The number of nitrogens with zero attached hydrogens (tertiary/aromatic N) is 4. The lowest BCUT2D eigenvalue weighted by atomic mass is 10.2. The molecule has 1 saturated heterocycles. The molecule has 0 bridgehead atoms. The van der Waals surface area contributed by atoms with E-state index >= 15 is 0 Å². The number of aromatic nitrogens is 2. The molecule has 5 rings (SSSR count). The molecule has 31 heavy (non-hydrogen) atoms. The second-order valence-electron chi connectivity index (χ2n) is 8.02. The lowest BCUT2D eigenvalue weighted by Gasteiger charge is -2.34. The van der Waals surface area contributed by atoms with Crippen LogP contribution in [0.25, 0.3) is 11.0 Å². The molecule has 0 aliphatic carbocycles. The molecule has 4 aromatic rings.